The van der Waals surface area contributed by atoms with E-state index in [2.05, 4.69) is 17.2 Å². The zero-order valence-electron chi connectivity index (χ0n) is 37.4. The summed E-state index contributed by atoms with van der Waals surface area (Å²) in [5, 5.41) is 38.5. The van der Waals surface area contributed by atoms with E-state index in [9.17, 15) is 39.3 Å². The van der Waals surface area contributed by atoms with Gasteiger partial charge in [-0.25, -0.2) is 4.79 Å². The first kappa shape index (κ1) is 47.4. The summed E-state index contributed by atoms with van der Waals surface area (Å²) in [6.07, 6.45) is -7.98. The molecule has 5 fully saturated rings. The lowest BCUT2D eigenvalue weighted by atomic mass is 9.56. The number of allylic oxidation sites excluding steroid dienone is 1. The first-order valence-electron chi connectivity index (χ1n) is 21.9. The van der Waals surface area contributed by atoms with E-state index >= 15 is 0 Å². The highest BCUT2D eigenvalue weighted by molar-refractivity contribution is 6.27. The summed E-state index contributed by atoms with van der Waals surface area (Å²) < 4.78 is 35.8. The maximum atomic E-state index is 14.8. The number of nitrogens with zero attached hydrogens (tertiary/aromatic N) is 1. The number of carbonyl (C=O) groups excluding carboxylic acids is 5. The van der Waals surface area contributed by atoms with Crippen molar-refractivity contribution in [2.24, 2.45) is 41.2 Å². The number of hydrogen-bond donors (Lipinski definition) is 6. The Bertz CT molecular complexity index is 1890. The number of fused-ring (bicyclic) bond motifs is 1. The number of esters is 1. The van der Waals surface area contributed by atoms with Crippen molar-refractivity contribution < 1.29 is 67.7 Å². The monoisotopic (exact) mass is 874 g/mol. The predicted molar refractivity (Wildman–Crippen MR) is 220 cm³/mol. The molecule has 1 aromatic heterocycles. The Kier molecular flexibility index (Phi) is 14.2. The largest absolute Gasteiger partial charge is 0.511 e. The molecule has 5 aliphatic rings. The summed E-state index contributed by atoms with van der Waals surface area (Å²) in [6, 6.07) is 1.44. The van der Waals surface area contributed by atoms with Crippen LogP contribution >= 0.6 is 0 Å². The second-order valence-corrected chi connectivity index (χ2v) is 18.6. The van der Waals surface area contributed by atoms with Crippen LogP contribution in [0.15, 0.2) is 23.5 Å². The quantitative estimate of drug-likeness (QED) is 0.0809. The van der Waals surface area contributed by atoms with Crippen LogP contribution in [-0.2, 0) is 42.8 Å². The molecule has 0 bridgehead atoms. The van der Waals surface area contributed by atoms with Crippen molar-refractivity contribution in [3.8, 4) is 0 Å². The third kappa shape index (κ3) is 8.87. The minimum absolute atomic E-state index is 0.0582. The molecule has 3 saturated heterocycles. The fourth-order valence-electron chi connectivity index (χ4n) is 11.1. The Labute approximate surface area is 362 Å². The van der Waals surface area contributed by atoms with Gasteiger partial charge in [0.2, 0.25) is 0 Å². The molecule has 0 radical (unpaired) electrons. The predicted octanol–water partition coefficient (Wildman–Crippen LogP) is 3.17. The number of H-pyrrole nitrogens is 1. The molecule has 6 rings (SSSR count). The number of methoxy groups -OCH3 is 1. The molecule has 17 atom stereocenters. The van der Waals surface area contributed by atoms with E-state index in [1.807, 2.05) is 13.8 Å². The molecule has 2 saturated carbocycles. The van der Waals surface area contributed by atoms with Crippen molar-refractivity contribution in [1.29, 1.82) is 0 Å². The number of aliphatic hydroxyl groups is 3. The highest BCUT2D eigenvalue weighted by Crippen LogP contribution is 2.53. The smallest absolute Gasteiger partial charge is 0.405 e. The lowest BCUT2D eigenvalue weighted by molar-refractivity contribution is -0.301. The van der Waals surface area contributed by atoms with Crippen LogP contribution in [0.5, 0.6) is 0 Å². The van der Waals surface area contributed by atoms with E-state index in [0.29, 0.717) is 25.0 Å². The number of nitrogens with one attached hydrogen (secondary N) is 2. The summed E-state index contributed by atoms with van der Waals surface area (Å²) in [5.41, 5.74) is 4.33. The standard InChI is InChI=1S/C44H66N4O14/c1-18(2)33-35(51)32(41(54)48(33)42-38(57-10)37(60-25(9)49)36(22(6)59-42)62-43(45)55)34(50)31-20(4)11-14-26-28(16-12-19(3)30(26)31)61-29-17-44(56,39(52)23(7)58-29)24(8)47-40(53)27-15-13-21(5)46-27/h13,15,18-20,22-24,26,28-31,33,36-39,42,46,50,52,56H,11-12,14,16-17H2,1-10H3,(H2,45,55)(H,47,53)/b34-32-/t19?,20-,22+,23+,24-,26-,28+,29-,30-,31?,33-,36-,37-,38-,39+,42-,44+/m0/s1. The third-order valence-electron chi connectivity index (χ3n) is 14.1. The van der Waals surface area contributed by atoms with Crippen molar-refractivity contribution in [2.75, 3.05) is 7.11 Å². The average molecular weight is 875 g/mol. The topological polar surface area (TPSA) is 258 Å². The number of likely N-dealkylation sites (tertiary alicyclic amines) is 1. The molecule has 18 heteroatoms. The number of nitrogens with two attached hydrogens (primary N) is 1. The molecule has 0 aromatic carbocycles. The summed E-state index contributed by atoms with van der Waals surface area (Å²) in [7, 11) is 1.31. The molecule has 3 amide bonds. The molecule has 18 nitrogen and oxygen atoms in total. The Balaban J connectivity index is 1.27. The second kappa shape index (κ2) is 18.6. The van der Waals surface area contributed by atoms with Crippen molar-refractivity contribution in [1.82, 2.24) is 15.2 Å². The van der Waals surface area contributed by atoms with Gasteiger partial charge in [0.15, 0.2) is 30.5 Å². The molecule has 7 N–H and O–H groups in total. The normalized spacial score (nSPS) is 40.1. The van der Waals surface area contributed by atoms with E-state index in [4.69, 9.17) is 34.2 Å². The minimum atomic E-state index is -1.80. The average Bonchev–Trinajstić information content (AvgIpc) is 3.74. The van der Waals surface area contributed by atoms with Crippen LogP contribution < -0.4 is 11.1 Å². The lowest BCUT2D eigenvalue weighted by Crippen LogP contribution is -2.66. The van der Waals surface area contributed by atoms with E-state index in [-0.39, 0.29) is 41.4 Å². The van der Waals surface area contributed by atoms with E-state index in [1.54, 1.807) is 46.8 Å². The van der Waals surface area contributed by atoms with Crippen molar-refractivity contribution >= 4 is 29.7 Å². The van der Waals surface area contributed by atoms with E-state index < -0.39 is 114 Å². The zero-order chi connectivity index (χ0) is 45.7. The number of carbonyl (C=O) groups is 5. The van der Waals surface area contributed by atoms with Gasteiger partial charge < -0.3 is 59.8 Å². The number of aliphatic hydroxyl groups excluding tert-OH is 2. The Morgan fingerprint density at radius 1 is 0.968 bits per heavy atom. The minimum Gasteiger partial charge on any atom is -0.511 e. The fourth-order valence-corrected chi connectivity index (χ4v) is 11.1. The van der Waals surface area contributed by atoms with Crippen LogP contribution in [0.1, 0.15) is 104 Å². The molecule has 2 unspecified atom stereocenters. The van der Waals surface area contributed by atoms with Crippen molar-refractivity contribution in [3.05, 3.63) is 34.9 Å². The highest BCUT2D eigenvalue weighted by atomic mass is 16.7. The van der Waals surface area contributed by atoms with Gasteiger partial charge in [-0.1, -0.05) is 27.7 Å². The number of amides is 3. The van der Waals surface area contributed by atoms with Crippen LogP contribution in [-0.4, -0.2) is 135 Å². The molecular formula is C44H66N4O14. The first-order chi connectivity index (χ1) is 29.1. The number of ketones is 1. The van der Waals surface area contributed by atoms with Gasteiger partial charge in [0.1, 0.15) is 40.9 Å². The molecule has 4 heterocycles. The summed E-state index contributed by atoms with van der Waals surface area (Å²) in [5.74, 6) is -4.26. The molecule has 3 aliphatic heterocycles. The number of hydrogen-bond acceptors (Lipinski definition) is 14. The number of aromatic nitrogens is 1. The number of aryl methyl sites for hydroxylation is 1. The molecule has 0 spiro atoms. The van der Waals surface area contributed by atoms with Crippen LogP contribution in [0, 0.1) is 42.4 Å². The van der Waals surface area contributed by atoms with Crippen LogP contribution in [0.4, 0.5) is 4.79 Å². The van der Waals surface area contributed by atoms with Crippen LogP contribution in [0.3, 0.4) is 0 Å². The first-order valence-corrected chi connectivity index (χ1v) is 21.9. The molecule has 62 heavy (non-hydrogen) atoms. The van der Waals surface area contributed by atoms with Gasteiger partial charge >= 0.3 is 12.1 Å². The van der Waals surface area contributed by atoms with Crippen LogP contribution in [0.25, 0.3) is 0 Å². The Morgan fingerprint density at radius 3 is 2.24 bits per heavy atom. The van der Waals surface area contributed by atoms with E-state index in [1.165, 1.54) is 18.9 Å². The van der Waals surface area contributed by atoms with Gasteiger partial charge in [0.25, 0.3) is 11.8 Å². The van der Waals surface area contributed by atoms with Crippen molar-refractivity contribution in [2.45, 2.75) is 167 Å². The number of Topliss-reactive ketones (excluding diaryl/α,β-unsaturated/α-hetero) is 1. The van der Waals surface area contributed by atoms with Gasteiger partial charge in [0, 0.05) is 32.1 Å². The van der Waals surface area contributed by atoms with Gasteiger partial charge in [-0.2, -0.15) is 0 Å². The van der Waals surface area contributed by atoms with E-state index in [0.717, 1.165) is 12.1 Å². The summed E-state index contributed by atoms with van der Waals surface area (Å²) in [6.45, 7) is 15.5. The SMILES string of the molecule is CO[C@H]1[C@@H](OC(C)=O)[C@@H](OC(N)=O)[C@@H](C)O[C@@H]1N1C(=O)/C(=C(\O)C2[C@H]3C(C)CC[C@@H](O[C@H]4C[C@@](O)([C@H](C)NC(=O)c5ccc(C)[nH]5)[C@H](O)[C@@H](C)O4)[C@@H]3CC[C@@H]2C)C(=O)[C@@H]1C(C)C. The maximum Gasteiger partial charge on any atom is 0.405 e. The van der Waals surface area contributed by atoms with Gasteiger partial charge in [0.05, 0.1) is 24.4 Å². The van der Waals surface area contributed by atoms with Gasteiger partial charge in [-0.05, 0) is 95.1 Å². The summed E-state index contributed by atoms with van der Waals surface area (Å²) >= 11 is 0. The number of ether oxygens (including phenoxy) is 6. The highest BCUT2D eigenvalue weighted by Gasteiger charge is 2.60. The van der Waals surface area contributed by atoms with Crippen molar-refractivity contribution in [3.63, 3.8) is 0 Å². The lowest BCUT2D eigenvalue weighted by Gasteiger charge is -2.52. The fraction of sp³-hybridized carbons (Fsp3) is 0.750. The van der Waals surface area contributed by atoms with Gasteiger partial charge in [-0.3, -0.25) is 24.1 Å². The maximum absolute atomic E-state index is 14.8. The molecule has 2 aliphatic carbocycles. The second-order valence-electron chi connectivity index (χ2n) is 18.6. The molecule has 346 valence electrons. The van der Waals surface area contributed by atoms with Gasteiger partial charge in [-0.15, -0.1) is 0 Å². The zero-order valence-corrected chi connectivity index (χ0v) is 37.4. The number of aromatic amines is 1. The number of rotatable bonds is 11. The Morgan fingerprint density at radius 2 is 1.65 bits per heavy atom. The van der Waals surface area contributed by atoms with Crippen LogP contribution in [0.2, 0.25) is 0 Å². The molecule has 1 aromatic rings. The third-order valence-corrected chi connectivity index (χ3v) is 14.1. The Hall–Kier alpha value is -4.07. The summed E-state index contributed by atoms with van der Waals surface area (Å²) in [4.78, 5) is 70.8. The number of primary amides is 1. The molecular weight excluding hydrogens is 808 g/mol.